The van der Waals surface area contributed by atoms with Crippen LogP contribution in [0.2, 0.25) is 0 Å². The number of benzene rings is 3. The monoisotopic (exact) mass is 540 g/mol. The predicted molar refractivity (Wildman–Crippen MR) is 143 cm³/mol. The Morgan fingerprint density at radius 3 is 2.39 bits per heavy atom. The van der Waals surface area contributed by atoms with E-state index < -0.39 is 37.9 Å². The molecule has 38 heavy (non-hydrogen) atoms. The molecule has 0 bridgehead atoms. The van der Waals surface area contributed by atoms with Gasteiger partial charge < -0.3 is 9.47 Å². The second-order valence-electron chi connectivity index (χ2n) is 9.73. The van der Waals surface area contributed by atoms with Gasteiger partial charge in [-0.05, 0) is 75.1 Å². The summed E-state index contributed by atoms with van der Waals surface area (Å²) in [6.45, 7) is 10.9. The number of sulfonamides is 1. The number of carbonyl (C=O) groups is 1. The van der Waals surface area contributed by atoms with Gasteiger partial charge in [0.15, 0.2) is 11.6 Å². The number of aryl methyl sites for hydroxylation is 3. The standard InChI is InChI=1S/C29H33FN2O5S/c1-7-37-25-12-8-10-23-22(25)17-32(16-21-19(3)14-18(2)15-20(21)4)29(23,5)28(33)31-38(34,35)26-13-9-11-24(30)27(26)36-6/h8-15H,7,16-17H2,1-6H3,(H,31,33). The molecule has 0 saturated carbocycles. The number of carbonyl (C=O) groups excluding carboxylic acids is 1. The van der Waals surface area contributed by atoms with Crippen LogP contribution in [0.3, 0.4) is 0 Å². The highest BCUT2D eigenvalue weighted by Crippen LogP contribution is 2.45. The lowest BCUT2D eigenvalue weighted by Gasteiger charge is -2.35. The van der Waals surface area contributed by atoms with E-state index in [4.69, 9.17) is 9.47 Å². The lowest BCUT2D eigenvalue weighted by Crippen LogP contribution is -2.52. The first-order valence-corrected chi connectivity index (χ1v) is 13.9. The van der Waals surface area contributed by atoms with Gasteiger partial charge in [0, 0.05) is 18.7 Å². The minimum absolute atomic E-state index is 0.380. The number of amides is 1. The van der Waals surface area contributed by atoms with Gasteiger partial charge in [0.2, 0.25) is 0 Å². The summed E-state index contributed by atoms with van der Waals surface area (Å²) in [7, 11) is -3.29. The molecule has 3 aromatic rings. The number of halogens is 1. The summed E-state index contributed by atoms with van der Waals surface area (Å²) in [5.74, 6) is -1.39. The van der Waals surface area contributed by atoms with E-state index in [1.165, 1.54) is 19.2 Å². The Morgan fingerprint density at radius 1 is 1.11 bits per heavy atom. The molecule has 9 heteroatoms. The van der Waals surface area contributed by atoms with Crippen molar-refractivity contribution in [2.45, 2.75) is 58.1 Å². The SMILES string of the molecule is CCOc1cccc2c1CN(Cc1c(C)cc(C)cc1C)C2(C)C(=O)NS(=O)(=O)c1cccc(F)c1OC. The van der Waals surface area contributed by atoms with E-state index in [1.54, 1.807) is 13.0 Å². The van der Waals surface area contributed by atoms with Crippen LogP contribution in [0, 0.1) is 26.6 Å². The van der Waals surface area contributed by atoms with Crippen molar-refractivity contribution in [3.63, 3.8) is 0 Å². The van der Waals surface area contributed by atoms with E-state index in [2.05, 4.69) is 16.9 Å². The highest BCUT2D eigenvalue weighted by Gasteiger charge is 2.49. The predicted octanol–water partition coefficient (Wildman–Crippen LogP) is 4.89. The first-order valence-electron chi connectivity index (χ1n) is 12.4. The van der Waals surface area contributed by atoms with Crippen molar-refractivity contribution >= 4 is 15.9 Å². The minimum atomic E-state index is -4.46. The average Bonchev–Trinajstić information content (AvgIpc) is 3.14. The zero-order chi connectivity index (χ0) is 27.8. The van der Waals surface area contributed by atoms with Crippen molar-refractivity contribution < 1.29 is 27.1 Å². The molecule has 3 aromatic carbocycles. The molecule has 1 heterocycles. The van der Waals surface area contributed by atoms with Gasteiger partial charge in [-0.25, -0.2) is 17.5 Å². The molecule has 7 nitrogen and oxygen atoms in total. The third-order valence-electron chi connectivity index (χ3n) is 7.22. The van der Waals surface area contributed by atoms with E-state index in [1.807, 2.05) is 44.7 Å². The number of nitrogens with zero attached hydrogens (tertiary/aromatic N) is 1. The number of para-hydroxylation sites is 1. The van der Waals surface area contributed by atoms with Crippen molar-refractivity contribution in [3.8, 4) is 11.5 Å². The fourth-order valence-electron chi connectivity index (χ4n) is 5.30. The van der Waals surface area contributed by atoms with Crippen LogP contribution in [0.5, 0.6) is 11.5 Å². The van der Waals surface area contributed by atoms with Crippen LogP contribution in [0.25, 0.3) is 0 Å². The quantitative estimate of drug-likeness (QED) is 0.438. The largest absolute Gasteiger partial charge is 0.494 e. The summed E-state index contributed by atoms with van der Waals surface area (Å²) < 4.78 is 54.0. The molecule has 202 valence electrons. The Kier molecular flexibility index (Phi) is 7.54. The third kappa shape index (κ3) is 4.76. The zero-order valence-corrected chi connectivity index (χ0v) is 23.3. The van der Waals surface area contributed by atoms with Crippen LogP contribution >= 0.6 is 0 Å². The van der Waals surface area contributed by atoms with Crippen LogP contribution < -0.4 is 14.2 Å². The van der Waals surface area contributed by atoms with E-state index in [9.17, 15) is 17.6 Å². The van der Waals surface area contributed by atoms with Crippen molar-refractivity contribution in [3.05, 3.63) is 87.7 Å². The van der Waals surface area contributed by atoms with E-state index in [-0.39, 0.29) is 0 Å². The van der Waals surface area contributed by atoms with Crippen molar-refractivity contribution in [2.75, 3.05) is 13.7 Å². The number of rotatable bonds is 8. The summed E-state index contributed by atoms with van der Waals surface area (Å²) in [6.07, 6.45) is 0. The lowest BCUT2D eigenvalue weighted by molar-refractivity contribution is -0.131. The van der Waals surface area contributed by atoms with Crippen molar-refractivity contribution in [1.82, 2.24) is 9.62 Å². The minimum Gasteiger partial charge on any atom is -0.494 e. The second kappa shape index (κ2) is 10.4. The molecular weight excluding hydrogens is 507 g/mol. The van der Waals surface area contributed by atoms with E-state index in [0.717, 1.165) is 33.9 Å². The van der Waals surface area contributed by atoms with Crippen molar-refractivity contribution in [1.29, 1.82) is 0 Å². The summed E-state index contributed by atoms with van der Waals surface area (Å²) in [5, 5.41) is 0. The van der Waals surface area contributed by atoms with Gasteiger partial charge >= 0.3 is 0 Å². The molecule has 1 atom stereocenters. The van der Waals surface area contributed by atoms with E-state index in [0.29, 0.717) is 31.0 Å². The third-order valence-corrected chi connectivity index (χ3v) is 8.58. The van der Waals surface area contributed by atoms with Crippen LogP contribution in [0.4, 0.5) is 4.39 Å². The summed E-state index contributed by atoms with van der Waals surface area (Å²) in [4.78, 5) is 15.5. The maximum atomic E-state index is 14.3. The Labute approximate surface area is 223 Å². The molecule has 4 rings (SSSR count). The van der Waals surface area contributed by atoms with Gasteiger partial charge in [-0.3, -0.25) is 9.69 Å². The molecule has 1 aliphatic rings. The molecule has 1 amide bonds. The molecular formula is C29H33FN2O5S. The molecule has 0 saturated heterocycles. The molecule has 1 N–H and O–H groups in total. The number of nitrogens with one attached hydrogen (secondary N) is 1. The molecule has 1 aliphatic heterocycles. The first-order chi connectivity index (χ1) is 17.9. The van der Waals surface area contributed by atoms with Gasteiger partial charge in [0.1, 0.15) is 16.2 Å². The molecule has 0 aliphatic carbocycles. The van der Waals surface area contributed by atoms with Crippen LogP contribution in [-0.2, 0) is 33.4 Å². The smallest absolute Gasteiger partial charge is 0.267 e. The van der Waals surface area contributed by atoms with Gasteiger partial charge in [-0.1, -0.05) is 35.9 Å². The zero-order valence-electron chi connectivity index (χ0n) is 22.5. The first kappa shape index (κ1) is 27.6. The molecule has 0 aromatic heterocycles. The van der Waals surface area contributed by atoms with Gasteiger partial charge in [-0.15, -0.1) is 0 Å². The molecule has 0 radical (unpaired) electrons. The highest BCUT2D eigenvalue weighted by atomic mass is 32.2. The Hall–Kier alpha value is -3.43. The summed E-state index contributed by atoms with van der Waals surface area (Å²) in [5.41, 5.74) is 4.50. The number of hydrogen-bond acceptors (Lipinski definition) is 6. The molecule has 0 fully saturated rings. The van der Waals surface area contributed by atoms with Gasteiger partial charge in [0.25, 0.3) is 15.9 Å². The maximum absolute atomic E-state index is 14.3. The number of ether oxygens (including phenoxy) is 2. The highest BCUT2D eigenvalue weighted by molar-refractivity contribution is 7.90. The lowest BCUT2D eigenvalue weighted by atomic mass is 9.89. The van der Waals surface area contributed by atoms with E-state index >= 15 is 0 Å². The fraction of sp³-hybridized carbons (Fsp3) is 0.345. The van der Waals surface area contributed by atoms with Gasteiger partial charge in [0.05, 0.1) is 13.7 Å². The maximum Gasteiger partial charge on any atom is 0.267 e. The molecule has 1 unspecified atom stereocenters. The Morgan fingerprint density at radius 2 is 1.76 bits per heavy atom. The Bertz CT molecular complexity index is 1480. The van der Waals surface area contributed by atoms with Crippen LogP contribution in [0.15, 0.2) is 53.4 Å². The van der Waals surface area contributed by atoms with Crippen LogP contribution in [-0.4, -0.2) is 32.9 Å². The fourth-order valence-corrected chi connectivity index (χ4v) is 6.54. The second-order valence-corrected chi connectivity index (χ2v) is 11.4. The normalized spacial score (nSPS) is 17.2. The summed E-state index contributed by atoms with van der Waals surface area (Å²) >= 11 is 0. The Balaban J connectivity index is 1.80. The molecule has 0 spiro atoms. The topological polar surface area (TPSA) is 84.9 Å². The average molecular weight is 541 g/mol. The van der Waals surface area contributed by atoms with Crippen LogP contribution in [0.1, 0.15) is 47.2 Å². The van der Waals surface area contributed by atoms with Gasteiger partial charge in [-0.2, -0.15) is 0 Å². The number of methoxy groups -OCH3 is 1. The number of fused-ring (bicyclic) bond motifs is 1. The van der Waals surface area contributed by atoms with Crippen molar-refractivity contribution in [2.24, 2.45) is 0 Å². The number of hydrogen-bond donors (Lipinski definition) is 1. The summed E-state index contributed by atoms with van der Waals surface area (Å²) in [6, 6.07) is 13.2.